The number of carbonyl (C=O) groups is 1. The van der Waals surface area contributed by atoms with E-state index in [0.717, 1.165) is 37.2 Å². The molecule has 138 valence electrons. The van der Waals surface area contributed by atoms with Gasteiger partial charge in [0, 0.05) is 24.8 Å². The van der Waals surface area contributed by atoms with Gasteiger partial charge in [-0.1, -0.05) is 73.5 Å². The van der Waals surface area contributed by atoms with E-state index in [0.29, 0.717) is 12.1 Å². The van der Waals surface area contributed by atoms with Gasteiger partial charge in [-0.3, -0.25) is 9.48 Å². The number of hydrogen-bond donors (Lipinski definition) is 0. The molecule has 0 aliphatic carbocycles. The Bertz CT molecular complexity index is 879. The van der Waals surface area contributed by atoms with Gasteiger partial charge >= 0.3 is 0 Å². The lowest BCUT2D eigenvalue weighted by Crippen LogP contribution is -2.31. The number of likely N-dealkylation sites (tertiary alicyclic amines) is 1. The molecule has 0 radical (unpaired) electrons. The first-order valence-corrected chi connectivity index (χ1v) is 9.77. The molecule has 0 spiro atoms. The molecule has 2 aromatic carbocycles. The van der Waals surface area contributed by atoms with E-state index in [1.54, 1.807) is 0 Å². The monoisotopic (exact) mass is 359 g/mol. The van der Waals surface area contributed by atoms with E-state index in [1.165, 1.54) is 18.4 Å². The first-order valence-electron chi connectivity index (χ1n) is 9.77. The minimum atomic E-state index is 0.107. The third kappa shape index (κ3) is 4.11. The standard InChI is InChI=1S/C23H25N3O/c27-23(25-15-9-1-2-10-16-25)21-18-26(17-19-11-5-3-6-12-19)24-22(21)20-13-7-4-8-14-20/h3-8,11-14,18H,1-2,9-10,15-17H2. The van der Waals surface area contributed by atoms with Crippen LogP contribution in [0.15, 0.2) is 66.9 Å². The molecule has 4 rings (SSSR count). The van der Waals surface area contributed by atoms with E-state index in [-0.39, 0.29) is 5.91 Å². The zero-order valence-corrected chi connectivity index (χ0v) is 15.6. The van der Waals surface area contributed by atoms with E-state index in [1.807, 2.05) is 64.3 Å². The number of aromatic nitrogens is 2. The topological polar surface area (TPSA) is 38.1 Å². The highest BCUT2D eigenvalue weighted by atomic mass is 16.2. The van der Waals surface area contributed by atoms with Crippen molar-refractivity contribution in [2.75, 3.05) is 13.1 Å². The normalized spacial score (nSPS) is 14.7. The van der Waals surface area contributed by atoms with Gasteiger partial charge in [0.15, 0.2) is 0 Å². The minimum Gasteiger partial charge on any atom is -0.339 e. The molecule has 4 heteroatoms. The van der Waals surface area contributed by atoms with Gasteiger partial charge in [-0.2, -0.15) is 5.10 Å². The highest BCUT2D eigenvalue weighted by Crippen LogP contribution is 2.25. The maximum Gasteiger partial charge on any atom is 0.257 e. The molecule has 4 nitrogen and oxygen atoms in total. The summed E-state index contributed by atoms with van der Waals surface area (Å²) in [7, 11) is 0. The maximum absolute atomic E-state index is 13.3. The third-order valence-corrected chi connectivity index (χ3v) is 5.12. The fourth-order valence-corrected chi connectivity index (χ4v) is 3.68. The zero-order chi connectivity index (χ0) is 18.5. The van der Waals surface area contributed by atoms with Gasteiger partial charge in [0.25, 0.3) is 5.91 Å². The molecule has 1 aliphatic rings. The summed E-state index contributed by atoms with van der Waals surface area (Å²) in [5.74, 6) is 0.107. The molecule has 1 fully saturated rings. The lowest BCUT2D eigenvalue weighted by atomic mass is 10.1. The van der Waals surface area contributed by atoms with Crippen LogP contribution < -0.4 is 0 Å². The number of nitrogens with zero attached hydrogens (tertiary/aromatic N) is 3. The molecule has 27 heavy (non-hydrogen) atoms. The average molecular weight is 359 g/mol. The van der Waals surface area contributed by atoms with Gasteiger partial charge in [-0.15, -0.1) is 0 Å². The highest BCUT2D eigenvalue weighted by molar-refractivity contribution is 5.99. The summed E-state index contributed by atoms with van der Waals surface area (Å²) in [6.45, 7) is 2.35. The Labute approximate surface area is 160 Å². The summed E-state index contributed by atoms with van der Waals surface area (Å²) < 4.78 is 1.89. The first-order chi connectivity index (χ1) is 13.3. The Morgan fingerprint density at radius 1 is 0.852 bits per heavy atom. The fourth-order valence-electron chi connectivity index (χ4n) is 3.68. The Morgan fingerprint density at radius 3 is 2.15 bits per heavy atom. The van der Waals surface area contributed by atoms with Crippen LogP contribution in [0.25, 0.3) is 11.3 Å². The van der Waals surface area contributed by atoms with Crippen LogP contribution in [0.4, 0.5) is 0 Å². The molecule has 0 atom stereocenters. The van der Waals surface area contributed by atoms with Crippen molar-refractivity contribution in [2.45, 2.75) is 32.2 Å². The second-order valence-electron chi connectivity index (χ2n) is 7.15. The van der Waals surface area contributed by atoms with Gasteiger partial charge in [0.2, 0.25) is 0 Å². The SMILES string of the molecule is O=C(c1cn(Cc2ccccc2)nc1-c1ccccc1)N1CCCCCC1. The van der Waals surface area contributed by atoms with Crippen LogP contribution in [0.3, 0.4) is 0 Å². The number of hydrogen-bond acceptors (Lipinski definition) is 2. The second-order valence-corrected chi connectivity index (χ2v) is 7.15. The summed E-state index contributed by atoms with van der Waals surface area (Å²) in [6.07, 6.45) is 6.52. The van der Waals surface area contributed by atoms with Crippen LogP contribution >= 0.6 is 0 Å². The molecule has 0 N–H and O–H groups in total. The average Bonchev–Trinajstić information content (AvgIpc) is 2.94. The molecule has 0 saturated carbocycles. The van der Waals surface area contributed by atoms with Crippen LogP contribution in [0, 0.1) is 0 Å². The largest absolute Gasteiger partial charge is 0.339 e. The van der Waals surface area contributed by atoms with E-state index in [4.69, 9.17) is 5.10 Å². The van der Waals surface area contributed by atoms with Crippen molar-refractivity contribution in [1.82, 2.24) is 14.7 Å². The molecule has 0 bridgehead atoms. The van der Waals surface area contributed by atoms with Crippen molar-refractivity contribution in [3.8, 4) is 11.3 Å². The van der Waals surface area contributed by atoms with E-state index < -0.39 is 0 Å². The predicted molar refractivity (Wildman–Crippen MR) is 108 cm³/mol. The van der Waals surface area contributed by atoms with E-state index in [2.05, 4.69) is 12.1 Å². The molecule has 1 aromatic heterocycles. The number of rotatable bonds is 4. The Morgan fingerprint density at radius 2 is 1.48 bits per heavy atom. The quantitative estimate of drug-likeness (QED) is 0.682. The Hall–Kier alpha value is -2.88. The van der Waals surface area contributed by atoms with Gasteiger partial charge < -0.3 is 4.90 Å². The number of benzene rings is 2. The van der Waals surface area contributed by atoms with Crippen LogP contribution in [-0.2, 0) is 6.54 Å². The summed E-state index contributed by atoms with van der Waals surface area (Å²) in [6, 6.07) is 20.2. The summed E-state index contributed by atoms with van der Waals surface area (Å²) >= 11 is 0. The van der Waals surface area contributed by atoms with Crippen LogP contribution in [0.1, 0.15) is 41.6 Å². The maximum atomic E-state index is 13.3. The molecule has 0 unspecified atom stereocenters. The minimum absolute atomic E-state index is 0.107. The van der Waals surface area contributed by atoms with Gasteiger partial charge in [-0.05, 0) is 18.4 Å². The molecule has 1 amide bonds. The van der Waals surface area contributed by atoms with Crippen molar-refractivity contribution in [3.05, 3.63) is 78.0 Å². The molecule has 2 heterocycles. The van der Waals surface area contributed by atoms with E-state index >= 15 is 0 Å². The molecule has 3 aromatic rings. The van der Waals surface area contributed by atoms with Crippen LogP contribution in [0.2, 0.25) is 0 Å². The number of amides is 1. The Kier molecular flexibility index (Phi) is 5.33. The van der Waals surface area contributed by atoms with Crippen molar-refractivity contribution < 1.29 is 4.79 Å². The van der Waals surface area contributed by atoms with Crippen molar-refractivity contribution in [1.29, 1.82) is 0 Å². The first kappa shape index (κ1) is 17.5. The zero-order valence-electron chi connectivity index (χ0n) is 15.6. The molecular formula is C23H25N3O. The molecule has 1 saturated heterocycles. The fraction of sp³-hybridized carbons (Fsp3) is 0.304. The second kappa shape index (κ2) is 8.21. The van der Waals surface area contributed by atoms with Gasteiger partial charge in [0.1, 0.15) is 5.69 Å². The predicted octanol–water partition coefficient (Wildman–Crippen LogP) is 4.61. The molecule has 1 aliphatic heterocycles. The van der Waals surface area contributed by atoms with Crippen LogP contribution in [-0.4, -0.2) is 33.7 Å². The summed E-state index contributed by atoms with van der Waals surface area (Å²) in [5.41, 5.74) is 3.65. The molecular weight excluding hydrogens is 334 g/mol. The van der Waals surface area contributed by atoms with Gasteiger partial charge in [-0.25, -0.2) is 0 Å². The summed E-state index contributed by atoms with van der Waals surface area (Å²) in [5, 5.41) is 4.78. The highest BCUT2D eigenvalue weighted by Gasteiger charge is 2.23. The smallest absolute Gasteiger partial charge is 0.257 e. The van der Waals surface area contributed by atoms with Crippen molar-refractivity contribution in [2.24, 2.45) is 0 Å². The van der Waals surface area contributed by atoms with Crippen molar-refractivity contribution >= 4 is 5.91 Å². The van der Waals surface area contributed by atoms with E-state index in [9.17, 15) is 4.79 Å². The van der Waals surface area contributed by atoms with Gasteiger partial charge in [0.05, 0.1) is 12.1 Å². The van der Waals surface area contributed by atoms with Crippen LogP contribution in [0.5, 0.6) is 0 Å². The third-order valence-electron chi connectivity index (χ3n) is 5.12. The van der Waals surface area contributed by atoms with Crippen molar-refractivity contribution in [3.63, 3.8) is 0 Å². The lowest BCUT2D eigenvalue weighted by molar-refractivity contribution is 0.0762. The number of carbonyl (C=O) groups excluding carboxylic acids is 1. The summed E-state index contributed by atoms with van der Waals surface area (Å²) in [4.78, 5) is 15.3. The lowest BCUT2D eigenvalue weighted by Gasteiger charge is -2.20. The Balaban J connectivity index is 1.68.